The van der Waals surface area contributed by atoms with Gasteiger partial charge >= 0.3 is 5.97 Å². The third kappa shape index (κ3) is 5.94. The molecule has 7 nitrogen and oxygen atoms in total. The Labute approximate surface area is 191 Å². The highest BCUT2D eigenvalue weighted by atomic mass is 35.5. The molecule has 9 heteroatoms. The minimum Gasteiger partial charge on any atom is -0.452 e. The van der Waals surface area contributed by atoms with Crippen LogP contribution in [0.1, 0.15) is 27.5 Å². The van der Waals surface area contributed by atoms with Gasteiger partial charge < -0.3 is 10.1 Å². The van der Waals surface area contributed by atoms with E-state index in [0.717, 1.165) is 11.1 Å². The molecule has 3 rings (SSSR count). The Kier molecular flexibility index (Phi) is 7.63. The Morgan fingerprint density at radius 3 is 2.25 bits per heavy atom. The largest absolute Gasteiger partial charge is 0.452 e. The molecule has 0 aliphatic carbocycles. The van der Waals surface area contributed by atoms with Gasteiger partial charge in [0.2, 0.25) is 10.0 Å². The number of benzene rings is 3. The normalized spacial score (nSPS) is 12.1. The van der Waals surface area contributed by atoms with Gasteiger partial charge in [-0.3, -0.25) is 4.79 Å². The summed E-state index contributed by atoms with van der Waals surface area (Å²) < 4.78 is 31.1. The highest BCUT2D eigenvalue weighted by molar-refractivity contribution is 7.89. The summed E-state index contributed by atoms with van der Waals surface area (Å²) in [5.74, 6) is -1.32. The molecule has 32 heavy (non-hydrogen) atoms. The number of amides is 1. The molecule has 0 fully saturated rings. The lowest BCUT2D eigenvalue weighted by Gasteiger charge is -2.20. The van der Waals surface area contributed by atoms with Gasteiger partial charge in [0.15, 0.2) is 6.61 Å². The van der Waals surface area contributed by atoms with Gasteiger partial charge in [0.05, 0.1) is 16.5 Å². The van der Waals surface area contributed by atoms with Crippen molar-refractivity contribution < 1.29 is 22.7 Å². The number of hydrogen-bond acceptors (Lipinski definition) is 5. The maximum Gasteiger partial charge on any atom is 0.338 e. The van der Waals surface area contributed by atoms with E-state index in [2.05, 4.69) is 10.0 Å². The average Bonchev–Trinajstić information content (AvgIpc) is 2.82. The zero-order valence-corrected chi connectivity index (χ0v) is 18.7. The van der Waals surface area contributed by atoms with Crippen molar-refractivity contribution in [1.82, 2.24) is 10.0 Å². The number of hydrogen-bond donors (Lipinski definition) is 2. The lowest BCUT2D eigenvalue weighted by molar-refractivity contribution is -0.124. The molecule has 2 N–H and O–H groups in total. The second kappa shape index (κ2) is 10.4. The van der Waals surface area contributed by atoms with E-state index < -0.39 is 34.5 Å². The molecule has 0 radical (unpaired) electrons. The standard InChI is InChI=1S/C23H21ClN2O5S/c1-25-32(29,30)20-9-5-8-18(14-20)23(28)31-15-21(27)26-22(16-6-3-2-4-7-16)17-10-12-19(24)13-11-17/h2-14,22,25H,15H2,1H3,(H,26,27). The van der Waals surface area contributed by atoms with Crippen molar-refractivity contribution in [3.05, 3.63) is 101 Å². The summed E-state index contributed by atoms with van der Waals surface area (Å²) in [5.41, 5.74) is 1.68. The number of esters is 1. The minimum absolute atomic E-state index is 0.0198. The number of halogens is 1. The van der Waals surface area contributed by atoms with E-state index in [0.29, 0.717) is 5.02 Å². The Bertz CT molecular complexity index is 1200. The van der Waals surface area contributed by atoms with Crippen molar-refractivity contribution in [2.45, 2.75) is 10.9 Å². The van der Waals surface area contributed by atoms with E-state index in [1.54, 1.807) is 24.3 Å². The molecular weight excluding hydrogens is 452 g/mol. The highest BCUT2D eigenvalue weighted by Crippen LogP contribution is 2.23. The molecule has 3 aromatic carbocycles. The third-order valence-corrected chi connectivity index (χ3v) is 6.29. The van der Waals surface area contributed by atoms with Crippen LogP contribution >= 0.6 is 11.6 Å². The summed E-state index contributed by atoms with van der Waals surface area (Å²) in [5, 5.41) is 3.43. The van der Waals surface area contributed by atoms with E-state index in [9.17, 15) is 18.0 Å². The Balaban J connectivity index is 1.70. The van der Waals surface area contributed by atoms with Gasteiger partial charge in [-0.15, -0.1) is 0 Å². The van der Waals surface area contributed by atoms with Crippen molar-refractivity contribution >= 4 is 33.5 Å². The summed E-state index contributed by atoms with van der Waals surface area (Å²) in [7, 11) is -2.44. The van der Waals surface area contributed by atoms with Gasteiger partial charge in [0.25, 0.3) is 5.91 Å². The van der Waals surface area contributed by atoms with Crippen molar-refractivity contribution in [2.24, 2.45) is 0 Å². The van der Waals surface area contributed by atoms with E-state index in [1.807, 2.05) is 30.3 Å². The Morgan fingerprint density at radius 1 is 0.938 bits per heavy atom. The van der Waals surface area contributed by atoms with Gasteiger partial charge in [-0.05, 0) is 48.5 Å². The van der Waals surface area contributed by atoms with Gasteiger partial charge in [0, 0.05) is 5.02 Å². The maximum atomic E-state index is 12.6. The van der Waals surface area contributed by atoms with Gasteiger partial charge in [-0.1, -0.05) is 60.1 Å². The van der Waals surface area contributed by atoms with Crippen LogP contribution in [0.2, 0.25) is 5.02 Å². The fourth-order valence-electron chi connectivity index (χ4n) is 2.98. The second-order valence-electron chi connectivity index (χ2n) is 6.77. The van der Waals surface area contributed by atoms with E-state index in [1.165, 1.54) is 31.3 Å². The van der Waals surface area contributed by atoms with Crippen molar-refractivity contribution in [3.8, 4) is 0 Å². The van der Waals surface area contributed by atoms with Crippen LogP contribution in [0.3, 0.4) is 0 Å². The van der Waals surface area contributed by atoms with Crippen LogP contribution < -0.4 is 10.0 Å². The van der Waals surface area contributed by atoms with Crippen molar-refractivity contribution in [1.29, 1.82) is 0 Å². The van der Waals surface area contributed by atoms with Crippen LogP contribution in [0.4, 0.5) is 0 Å². The first-order valence-electron chi connectivity index (χ1n) is 9.60. The second-order valence-corrected chi connectivity index (χ2v) is 9.10. The maximum absolute atomic E-state index is 12.6. The number of carbonyl (C=O) groups is 2. The summed E-state index contributed by atoms with van der Waals surface area (Å²) in [6, 6.07) is 21.3. The fourth-order valence-corrected chi connectivity index (χ4v) is 3.89. The minimum atomic E-state index is -3.71. The molecule has 0 saturated carbocycles. The zero-order valence-electron chi connectivity index (χ0n) is 17.1. The van der Waals surface area contributed by atoms with Crippen molar-refractivity contribution in [3.63, 3.8) is 0 Å². The fraction of sp³-hybridized carbons (Fsp3) is 0.130. The monoisotopic (exact) mass is 472 g/mol. The third-order valence-electron chi connectivity index (χ3n) is 4.62. The molecule has 0 aromatic heterocycles. The highest BCUT2D eigenvalue weighted by Gasteiger charge is 2.19. The number of sulfonamides is 1. The number of ether oxygens (including phenoxy) is 1. The quantitative estimate of drug-likeness (QED) is 0.490. The van der Waals surface area contributed by atoms with E-state index in [4.69, 9.17) is 16.3 Å². The number of nitrogens with one attached hydrogen (secondary N) is 2. The first-order valence-corrected chi connectivity index (χ1v) is 11.5. The molecule has 0 bridgehead atoms. The molecule has 0 heterocycles. The van der Waals surface area contributed by atoms with E-state index in [-0.39, 0.29) is 10.5 Å². The summed E-state index contributed by atoms with van der Waals surface area (Å²) in [4.78, 5) is 24.8. The lowest BCUT2D eigenvalue weighted by atomic mass is 9.99. The van der Waals surface area contributed by atoms with Crippen LogP contribution in [0.15, 0.2) is 83.8 Å². The predicted octanol–water partition coefficient (Wildman–Crippen LogP) is 3.31. The number of carbonyl (C=O) groups excluding carboxylic acids is 2. The zero-order chi connectivity index (χ0) is 23.1. The Morgan fingerprint density at radius 2 is 1.59 bits per heavy atom. The van der Waals surface area contributed by atoms with Crippen LogP contribution in [-0.4, -0.2) is 33.9 Å². The van der Waals surface area contributed by atoms with Crippen LogP contribution in [-0.2, 0) is 19.6 Å². The van der Waals surface area contributed by atoms with Crippen LogP contribution in [0, 0.1) is 0 Å². The molecule has 1 unspecified atom stereocenters. The Hall–Kier alpha value is -3.20. The summed E-state index contributed by atoms with van der Waals surface area (Å²) in [6.45, 7) is -0.529. The molecule has 1 amide bonds. The lowest BCUT2D eigenvalue weighted by Crippen LogP contribution is -2.33. The molecule has 0 saturated heterocycles. The first-order chi connectivity index (χ1) is 15.3. The van der Waals surface area contributed by atoms with Crippen LogP contribution in [0.25, 0.3) is 0 Å². The van der Waals surface area contributed by atoms with Gasteiger partial charge in [-0.2, -0.15) is 0 Å². The molecule has 0 spiro atoms. The van der Waals surface area contributed by atoms with Gasteiger partial charge in [0.1, 0.15) is 0 Å². The average molecular weight is 473 g/mol. The molecule has 0 aliphatic rings. The summed E-state index contributed by atoms with van der Waals surface area (Å²) >= 11 is 5.97. The first kappa shape index (κ1) is 23.5. The smallest absolute Gasteiger partial charge is 0.338 e. The molecular formula is C23H21ClN2O5S. The topological polar surface area (TPSA) is 102 Å². The SMILES string of the molecule is CNS(=O)(=O)c1cccc(C(=O)OCC(=O)NC(c2ccccc2)c2ccc(Cl)cc2)c1. The predicted molar refractivity (Wildman–Crippen MR) is 121 cm³/mol. The van der Waals surface area contributed by atoms with Crippen LogP contribution in [0.5, 0.6) is 0 Å². The molecule has 0 aliphatic heterocycles. The summed E-state index contributed by atoms with van der Waals surface area (Å²) in [6.07, 6.45) is 0. The number of rotatable bonds is 8. The van der Waals surface area contributed by atoms with Gasteiger partial charge in [-0.25, -0.2) is 17.9 Å². The van der Waals surface area contributed by atoms with Crippen molar-refractivity contribution in [2.75, 3.05) is 13.7 Å². The van der Waals surface area contributed by atoms with E-state index >= 15 is 0 Å². The molecule has 3 aromatic rings. The molecule has 1 atom stereocenters. The molecule has 166 valence electrons.